The number of carbonyl (C=O) groups excluding carboxylic acids is 2. The Labute approximate surface area is 106 Å². The summed E-state index contributed by atoms with van der Waals surface area (Å²) in [6, 6.07) is 5.48. The molecule has 0 aliphatic heterocycles. The normalized spacial score (nSPS) is 9.39. The van der Waals surface area contributed by atoms with Gasteiger partial charge in [-0.2, -0.15) is 4.99 Å². The molecule has 0 heterocycles. The molecule has 4 heteroatoms. The average Bonchev–Trinajstić information content (AvgIpc) is 2.39. The number of hydrogen-bond donors (Lipinski definition) is 0. The molecule has 94 valence electrons. The van der Waals surface area contributed by atoms with Crippen LogP contribution in [0, 0.1) is 0 Å². The number of nitrogens with zero attached hydrogens (tertiary/aromatic N) is 2. The Kier molecular flexibility index (Phi) is 6.34. The number of isocyanates is 2. The van der Waals surface area contributed by atoms with Gasteiger partial charge >= 0.3 is 0 Å². The highest BCUT2D eigenvalue weighted by Crippen LogP contribution is 2.20. The Balaban J connectivity index is 2.92. The van der Waals surface area contributed by atoms with Crippen molar-refractivity contribution in [3.8, 4) is 0 Å². The molecule has 4 nitrogen and oxygen atoms in total. The van der Waals surface area contributed by atoms with E-state index in [0.717, 1.165) is 30.4 Å². The molecule has 18 heavy (non-hydrogen) atoms. The van der Waals surface area contributed by atoms with Gasteiger partial charge in [0.2, 0.25) is 12.2 Å². The highest BCUT2D eigenvalue weighted by Gasteiger charge is 2.03. The van der Waals surface area contributed by atoms with Crippen LogP contribution in [0.1, 0.15) is 37.3 Å². The first-order chi connectivity index (χ1) is 8.81. The highest BCUT2D eigenvalue weighted by atomic mass is 16.1. The van der Waals surface area contributed by atoms with E-state index < -0.39 is 0 Å². The fourth-order valence-corrected chi connectivity index (χ4v) is 1.81. The van der Waals surface area contributed by atoms with Crippen LogP contribution >= 0.6 is 0 Å². The molecule has 0 aliphatic rings. The lowest BCUT2D eigenvalue weighted by Gasteiger charge is -2.07. The number of aryl methyl sites for hydroxylation is 1. The van der Waals surface area contributed by atoms with Crippen molar-refractivity contribution >= 4 is 17.8 Å². The maximum absolute atomic E-state index is 10.2. The van der Waals surface area contributed by atoms with Crippen molar-refractivity contribution in [3.63, 3.8) is 0 Å². The first kappa shape index (κ1) is 14.0. The molecule has 0 amide bonds. The van der Waals surface area contributed by atoms with Gasteiger partial charge in [-0.25, -0.2) is 14.6 Å². The fraction of sp³-hybridized carbons (Fsp3) is 0.429. The lowest BCUT2D eigenvalue weighted by atomic mass is 10.0. The first-order valence-corrected chi connectivity index (χ1v) is 6.05. The van der Waals surface area contributed by atoms with E-state index in [1.54, 1.807) is 12.1 Å². The minimum Gasteiger partial charge on any atom is -0.211 e. The molecule has 0 aromatic heterocycles. The fourth-order valence-electron chi connectivity index (χ4n) is 1.81. The maximum Gasteiger partial charge on any atom is 0.240 e. The number of benzene rings is 1. The largest absolute Gasteiger partial charge is 0.240 e. The summed E-state index contributed by atoms with van der Waals surface area (Å²) in [7, 11) is 0. The number of unbranched alkanes of at least 4 members (excludes halogenated alkanes) is 2. The van der Waals surface area contributed by atoms with E-state index in [4.69, 9.17) is 0 Å². The minimum absolute atomic E-state index is 0.285. The van der Waals surface area contributed by atoms with E-state index in [-0.39, 0.29) is 6.54 Å². The van der Waals surface area contributed by atoms with Crippen LogP contribution in [0.2, 0.25) is 0 Å². The van der Waals surface area contributed by atoms with Gasteiger partial charge in [0.05, 0.1) is 12.2 Å². The van der Waals surface area contributed by atoms with Crippen LogP contribution in [-0.2, 0) is 22.6 Å². The van der Waals surface area contributed by atoms with Gasteiger partial charge in [0.15, 0.2) is 0 Å². The molecule has 0 saturated carbocycles. The Morgan fingerprint density at radius 1 is 1.11 bits per heavy atom. The number of rotatable bonds is 7. The van der Waals surface area contributed by atoms with Gasteiger partial charge in [-0.1, -0.05) is 25.8 Å². The van der Waals surface area contributed by atoms with Crippen molar-refractivity contribution in [1.29, 1.82) is 0 Å². The molecule has 0 N–H and O–H groups in total. The van der Waals surface area contributed by atoms with Crippen LogP contribution in [0.5, 0.6) is 0 Å². The summed E-state index contributed by atoms with van der Waals surface area (Å²) in [6.07, 6.45) is 7.42. The van der Waals surface area contributed by atoms with Crippen molar-refractivity contribution in [2.75, 3.05) is 0 Å². The summed E-state index contributed by atoms with van der Waals surface area (Å²) >= 11 is 0. The van der Waals surface area contributed by atoms with Crippen molar-refractivity contribution < 1.29 is 9.59 Å². The van der Waals surface area contributed by atoms with E-state index in [1.165, 1.54) is 18.6 Å². The third-order valence-electron chi connectivity index (χ3n) is 2.73. The lowest BCUT2D eigenvalue weighted by Crippen LogP contribution is -1.93. The van der Waals surface area contributed by atoms with Gasteiger partial charge < -0.3 is 0 Å². The first-order valence-electron chi connectivity index (χ1n) is 6.05. The topological polar surface area (TPSA) is 58.9 Å². The SMILES string of the molecule is CCCCCc1ccc(N=C=O)cc1CN=C=O. The Morgan fingerprint density at radius 3 is 2.61 bits per heavy atom. The van der Waals surface area contributed by atoms with Crippen LogP contribution in [0.3, 0.4) is 0 Å². The second-order valence-electron chi connectivity index (χ2n) is 4.02. The van der Waals surface area contributed by atoms with Gasteiger partial charge in [-0.15, -0.1) is 0 Å². The summed E-state index contributed by atoms with van der Waals surface area (Å²) in [6.45, 7) is 2.44. The molecule has 1 aromatic rings. The van der Waals surface area contributed by atoms with Crippen LogP contribution in [0.4, 0.5) is 5.69 Å². The second kappa shape index (κ2) is 8.13. The van der Waals surface area contributed by atoms with Crippen molar-refractivity contribution in [2.45, 2.75) is 39.2 Å². The van der Waals surface area contributed by atoms with Crippen molar-refractivity contribution in [3.05, 3.63) is 29.3 Å². The molecule has 0 aliphatic carbocycles. The molecule has 1 rings (SSSR count). The van der Waals surface area contributed by atoms with E-state index in [9.17, 15) is 9.59 Å². The van der Waals surface area contributed by atoms with Crippen LogP contribution in [-0.4, -0.2) is 12.2 Å². The quantitative estimate of drug-likeness (QED) is 0.420. The summed E-state index contributed by atoms with van der Waals surface area (Å²) in [5.74, 6) is 0. The Hall–Kier alpha value is -2.02. The molecule has 0 unspecified atom stereocenters. The van der Waals surface area contributed by atoms with Crippen molar-refractivity contribution in [2.24, 2.45) is 9.98 Å². The van der Waals surface area contributed by atoms with E-state index in [1.807, 2.05) is 6.07 Å². The molecular weight excluding hydrogens is 228 g/mol. The summed E-state index contributed by atoms with van der Waals surface area (Å²) in [4.78, 5) is 27.6. The van der Waals surface area contributed by atoms with Gasteiger partial charge in [0.25, 0.3) is 0 Å². The van der Waals surface area contributed by atoms with Crippen LogP contribution in [0.25, 0.3) is 0 Å². The average molecular weight is 244 g/mol. The molecule has 0 bridgehead atoms. The maximum atomic E-state index is 10.2. The van der Waals surface area contributed by atoms with Crippen LogP contribution < -0.4 is 0 Å². The zero-order chi connectivity index (χ0) is 13.2. The summed E-state index contributed by atoms with van der Waals surface area (Å²) in [5, 5.41) is 0. The standard InChI is InChI=1S/C14H16N2O2/c1-2-3-4-5-12-6-7-14(16-11-18)8-13(12)9-15-10-17/h6-8H,2-5,9H2,1H3. The molecule has 0 radical (unpaired) electrons. The Bertz CT molecular complexity index is 485. The molecular formula is C14H16N2O2. The van der Waals surface area contributed by atoms with Crippen LogP contribution in [0.15, 0.2) is 28.2 Å². The predicted octanol–water partition coefficient (Wildman–Crippen LogP) is 3.22. The third kappa shape index (κ3) is 4.46. The summed E-state index contributed by atoms with van der Waals surface area (Å²) < 4.78 is 0. The smallest absolute Gasteiger partial charge is 0.211 e. The molecule has 0 saturated heterocycles. The van der Waals surface area contributed by atoms with Gasteiger partial charge in [-0.3, -0.25) is 0 Å². The van der Waals surface area contributed by atoms with Crippen molar-refractivity contribution in [1.82, 2.24) is 0 Å². The lowest BCUT2D eigenvalue weighted by molar-refractivity contribution is 0.562. The van der Waals surface area contributed by atoms with E-state index in [2.05, 4.69) is 16.9 Å². The zero-order valence-corrected chi connectivity index (χ0v) is 10.5. The second-order valence-corrected chi connectivity index (χ2v) is 4.02. The Morgan fingerprint density at radius 2 is 1.94 bits per heavy atom. The number of hydrogen-bond acceptors (Lipinski definition) is 4. The molecule has 0 spiro atoms. The molecule has 0 fully saturated rings. The van der Waals surface area contributed by atoms with E-state index >= 15 is 0 Å². The third-order valence-corrected chi connectivity index (χ3v) is 2.73. The van der Waals surface area contributed by atoms with Gasteiger partial charge in [0.1, 0.15) is 0 Å². The predicted molar refractivity (Wildman–Crippen MR) is 69.3 cm³/mol. The molecule has 0 atom stereocenters. The zero-order valence-electron chi connectivity index (χ0n) is 10.5. The van der Waals surface area contributed by atoms with Gasteiger partial charge in [0, 0.05) is 0 Å². The van der Waals surface area contributed by atoms with Gasteiger partial charge in [-0.05, 0) is 36.1 Å². The number of aliphatic imine (C=N–C) groups is 2. The summed E-state index contributed by atoms with van der Waals surface area (Å²) in [5.41, 5.74) is 2.61. The van der Waals surface area contributed by atoms with E-state index in [0.29, 0.717) is 5.69 Å². The monoisotopic (exact) mass is 244 g/mol. The molecule has 1 aromatic carbocycles. The highest BCUT2D eigenvalue weighted by molar-refractivity contribution is 5.52. The minimum atomic E-state index is 0.285.